The second-order valence-corrected chi connectivity index (χ2v) is 8.94. The van der Waals surface area contributed by atoms with Crippen molar-refractivity contribution in [3.05, 3.63) is 88.7 Å². The van der Waals surface area contributed by atoms with E-state index in [9.17, 15) is 4.79 Å². The van der Waals surface area contributed by atoms with Crippen LogP contribution in [-0.2, 0) is 9.53 Å². The Hall–Kier alpha value is -3.41. The normalized spacial score (nSPS) is 19.5. The van der Waals surface area contributed by atoms with Crippen molar-refractivity contribution < 1.29 is 14.3 Å². The molecular formula is C29H30ClN3O3. The highest BCUT2D eigenvalue weighted by Crippen LogP contribution is 2.31. The van der Waals surface area contributed by atoms with E-state index in [2.05, 4.69) is 59.4 Å². The summed E-state index contributed by atoms with van der Waals surface area (Å²) in [6.07, 6.45) is 8.23. The van der Waals surface area contributed by atoms with Crippen molar-refractivity contribution in [1.82, 2.24) is 10.2 Å². The van der Waals surface area contributed by atoms with E-state index in [0.29, 0.717) is 43.1 Å². The largest absolute Gasteiger partial charge is 0.493 e. The number of carbonyl (C=O) groups excluding carboxylic acids is 1. The summed E-state index contributed by atoms with van der Waals surface area (Å²) in [7, 11) is 0. The maximum absolute atomic E-state index is 13.3. The van der Waals surface area contributed by atoms with Gasteiger partial charge in [0.15, 0.2) is 0 Å². The fourth-order valence-corrected chi connectivity index (χ4v) is 4.64. The molecule has 0 bridgehead atoms. The quantitative estimate of drug-likeness (QED) is 0.593. The standard InChI is InChI=1S/C29H29N3O3.ClH/c1-20-5-7-21(8-6-20)22-9-10-28-24(17-22)18-23(11-14-35-28)29(33)31-26-3-2-4-27(25(26)19-30)32-12-15-34-16-13-32;/h2-10,17-18,27,30H,11-16H2,1H3,(H,31,33);1H. The smallest absolute Gasteiger partial charge is 0.251 e. The Morgan fingerprint density at radius 1 is 1.08 bits per heavy atom. The van der Waals surface area contributed by atoms with Gasteiger partial charge in [-0.25, -0.2) is 0 Å². The van der Waals surface area contributed by atoms with Crippen LogP contribution in [0.25, 0.3) is 17.2 Å². The predicted octanol–water partition coefficient (Wildman–Crippen LogP) is 4.70. The second kappa shape index (κ2) is 11.5. The maximum Gasteiger partial charge on any atom is 0.251 e. The second-order valence-electron chi connectivity index (χ2n) is 8.94. The molecule has 1 atom stereocenters. The van der Waals surface area contributed by atoms with Gasteiger partial charge in [-0.2, -0.15) is 0 Å². The Bertz CT molecular complexity index is 1270. The van der Waals surface area contributed by atoms with Gasteiger partial charge in [-0.15, -0.1) is 12.4 Å². The number of ether oxygens (including phenoxy) is 2. The van der Waals surface area contributed by atoms with E-state index in [1.165, 1.54) is 5.56 Å². The van der Waals surface area contributed by atoms with Gasteiger partial charge in [0.2, 0.25) is 0 Å². The molecule has 0 spiro atoms. The molecule has 2 N–H and O–H groups in total. The summed E-state index contributed by atoms with van der Waals surface area (Å²) < 4.78 is 11.4. The number of halogens is 1. The van der Waals surface area contributed by atoms with Crippen LogP contribution >= 0.6 is 12.4 Å². The van der Waals surface area contributed by atoms with E-state index in [1.54, 1.807) is 0 Å². The molecule has 1 unspecified atom stereocenters. The molecule has 36 heavy (non-hydrogen) atoms. The maximum atomic E-state index is 13.3. The number of rotatable bonds is 4. The Labute approximate surface area is 217 Å². The lowest BCUT2D eigenvalue weighted by Gasteiger charge is -2.35. The highest BCUT2D eigenvalue weighted by Gasteiger charge is 2.28. The van der Waals surface area contributed by atoms with Crippen molar-refractivity contribution in [3.8, 4) is 16.9 Å². The summed E-state index contributed by atoms with van der Waals surface area (Å²) in [5.41, 5.74) is 6.22. The van der Waals surface area contributed by atoms with Gasteiger partial charge in [0.1, 0.15) is 5.75 Å². The van der Waals surface area contributed by atoms with E-state index in [0.717, 1.165) is 35.5 Å². The summed E-state index contributed by atoms with van der Waals surface area (Å²) in [6, 6.07) is 14.4. The van der Waals surface area contributed by atoms with Crippen molar-refractivity contribution >= 4 is 30.3 Å². The number of morpholine rings is 1. The van der Waals surface area contributed by atoms with Gasteiger partial charge in [-0.05, 0) is 48.2 Å². The lowest BCUT2D eigenvalue weighted by molar-refractivity contribution is -0.116. The Morgan fingerprint density at radius 2 is 1.83 bits per heavy atom. The van der Waals surface area contributed by atoms with Crippen LogP contribution in [0.5, 0.6) is 5.75 Å². The van der Waals surface area contributed by atoms with Crippen LogP contribution in [0.2, 0.25) is 0 Å². The van der Waals surface area contributed by atoms with Gasteiger partial charge in [0, 0.05) is 30.6 Å². The number of amides is 1. The Morgan fingerprint density at radius 3 is 2.58 bits per heavy atom. The Kier molecular flexibility index (Phi) is 8.24. The van der Waals surface area contributed by atoms with Gasteiger partial charge < -0.3 is 14.8 Å². The van der Waals surface area contributed by atoms with Gasteiger partial charge in [-0.1, -0.05) is 48.0 Å². The first-order chi connectivity index (χ1) is 17.1. The van der Waals surface area contributed by atoms with Gasteiger partial charge in [0.25, 0.3) is 5.91 Å². The zero-order valence-corrected chi connectivity index (χ0v) is 21.1. The lowest BCUT2D eigenvalue weighted by Crippen LogP contribution is -2.45. The van der Waals surface area contributed by atoms with Gasteiger partial charge in [0.05, 0.1) is 37.1 Å². The average molecular weight is 504 g/mol. The minimum Gasteiger partial charge on any atom is -0.493 e. The number of fused-ring (bicyclic) bond motifs is 1. The average Bonchev–Trinajstić information content (AvgIpc) is 3.11. The first-order valence-corrected chi connectivity index (χ1v) is 12.0. The fourth-order valence-electron chi connectivity index (χ4n) is 4.64. The summed E-state index contributed by atoms with van der Waals surface area (Å²) in [5.74, 6) is 3.16. The van der Waals surface area contributed by atoms with Crippen LogP contribution in [0.15, 0.2) is 77.5 Å². The molecule has 0 radical (unpaired) electrons. The predicted molar refractivity (Wildman–Crippen MR) is 145 cm³/mol. The monoisotopic (exact) mass is 503 g/mol. The number of allylic oxidation sites excluding steroid dienone is 2. The zero-order valence-electron chi connectivity index (χ0n) is 20.3. The van der Waals surface area contributed by atoms with Crippen molar-refractivity contribution in [3.63, 3.8) is 0 Å². The van der Waals surface area contributed by atoms with Crippen LogP contribution in [0, 0.1) is 12.3 Å². The van der Waals surface area contributed by atoms with Crippen LogP contribution in [-0.4, -0.2) is 55.6 Å². The summed E-state index contributed by atoms with van der Waals surface area (Å²) in [4.78, 5) is 15.6. The summed E-state index contributed by atoms with van der Waals surface area (Å²) in [5, 5.41) is 10.9. The van der Waals surface area contributed by atoms with Gasteiger partial charge in [-0.3, -0.25) is 15.1 Å². The summed E-state index contributed by atoms with van der Waals surface area (Å²) in [6.45, 7) is 5.39. The van der Waals surface area contributed by atoms with Crippen LogP contribution in [0.3, 0.4) is 0 Å². The topological polar surface area (TPSA) is 74.7 Å². The third-order valence-electron chi connectivity index (χ3n) is 6.61. The molecule has 3 aliphatic rings. The van der Waals surface area contributed by atoms with Crippen molar-refractivity contribution in [1.29, 1.82) is 5.41 Å². The van der Waals surface area contributed by atoms with E-state index < -0.39 is 0 Å². The van der Waals surface area contributed by atoms with E-state index in [-0.39, 0.29) is 24.4 Å². The molecule has 1 aliphatic carbocycles. The molecule has 7 heteroatoms. The third kappa shape index (κ3) is 5.53. The fraction of sp³-hybridized carbons (Fsp3) is 0.276. The number of nitrogens with one attached hydrogen (secondary N) is 2. The highest BCUT2D eigenvalue weighted by molar-refractivity contribution is 6.00. The van der Waals surface area contributed by atoms with E-state index in [4.69, 9.17) is 14.9 Å². The highest BCUT2D eigenvalue weighted by atomic mass is 35.5. The number of hydrogen-bond acceptors (Lipinski definition) is 5. The molecule has 2 aromatic carbocycles. The number of nitrogens with zero attached hydrogens (tertiary/aromatic N) is 1. The first-order valence-electron chi connectivity index (χ1n) is 12.0. The summed E-state index contributed by atoms with van der Waals surface area (Å²) >= 11 is 0. The minimum atomic E-state index is -0.183. The molecular weight excluding hydrogens is 474 g/mol. The van der Waals surface area contributed by atoms with Crippen molar-refractivity contribution in [2.45, 2.75) is 19.4 Å². The molecule has 2 aliphatic heterocycles. The number of carbonyl (C=O) groups is 1. The van der Waals surface area contributed by atoms with E-state index >= 15 is 0 Å². The van der Waals surface area contributed by atoms with Crippen LogP contribution < -0.4 is 10.1 Å². The molecule has 2 heterocycles. The Balaban J connectivity index is 0.00000304. The zero-order chi connectivity index (χ0) is 24.2. The van der Waals surface area contributed by atoms with E-state index in [1.807, 2.05) is 30.4 Å². The molecule has 5 rings (SSSR count). The molecule has 186 valence electrons. The lowest BCUT2D eigenvalue weighted by atomic mass is 9.97. The molecule has 2 aromatic rings. The minimum absolute atomic E-state index is 0. The number of hydrogen-bond donors (Lipinski definition) is 2. The number of aryl methyl sites for hydroxylation is 1. The molecule has 0 aromatic heterocycles. The first kappa shape index (κ1) is 25.7. The van der Waals surface area contributed by atoms with Crippen LogP contribution in [0.4, 0.5) is 0 Å². The van der Waals surface area contributed by atoms with Crippen molar-refractivity contribution in [2.24, 2.45) is 0 Å². The molecule has 0 saturated carbocycles. The molecule has 1 fully saturated rings. The molecule has 1 amide bonds. The van der Waals surface area contributed by atoms with Crippen molar-refractivity contribution in [2.75, 3.05) is 32.9 Å². The molecule has 1 saturated heterocycles. The molecule has 6 nitrogen and oxygen atoms in total. The SMILES string of the molecule is Cc1ccc(-c2ccc3c(c2)C=C(C(=O)NC2=CC=CC(N4CCOCC4)C2=C=N)CCO3)cc1.Cl. The van der Waals surface area contributed by atoms with Crippen LogP contribution in [0.1, 0.15) is 17.5 Å². The number of benzene rings is 2. The van der Waals surface area contributed by atoms with Gasteiger partial charge >= 0.3 is 0 Å². The third-order valence-corrected chi connectivity index (χ3v) is 6.61.